The zero-order valence-electron chi connectivity index (χ0n) is 13.6. The van der Waals surface area contributed by atoms with E-state index in [-0.39, 0.29) is 0 Å². The lowest BCUT2D eigenvalue weighted by atomic mass is 9.98. The van der Waals surface area contributed by atoms with Crippen molar-refractivity contribution in [3.05, 3.63) is 97.1 Å². The summed E-state index contributed by atoms with van der Waals surface area (Å²) >= 11 is 0. The van der Waals surface area contributed by atoms with Crippen LogP contribution in [0.5, 0.6) is 0 Å². The topological polar surface area (TPSA) is 13.1 Å². The minimum atomic E-state index is 0.934. The Morgan fingerprint density at radius 2 is 1.04 bits per heavy atom. The molecule has 5 rings (SSSR count). The van der Waals surface area contributed by atoms with E-state index in [0.717, 1.165) is 11.2 Å². The maximum absolute atomic E-state index is 6.03. The molecule has 1 heteroatoms. The molecule has 0 aliphatic carbocycles. The normalized spacial score (nSPS) is 11.2. The van der Waals surface area contributed by atoms with E-state index in [1.807, 2.05) is 18.2 Å². The third kappa shape index (κ3) is 2.41. The Hall–Kier alpha value is -3.32. The Labute approximate surface area is 146 Å². The quantitative estimate of drug-likeness (QED) is 0.344. The number of hydrogen-bond donors (Lipinski definition) is 0. The number of rotatable bonds is 2. The number of para-hydroxylation sites is 1. The lowest BCUT2D eigenvalue weighted by Gasteiger charge is -2.06. The Morgan fingerprint density at radius 3 is 1.92 bits per heavy atom. The average Bonchev–Trinajstić information content (AvgIpc) is 3.06. The smallest absolute Gasteiger partial charge is 0.136 e. The van der Waals surface area contributed by atoms with E-state index in [1.54, 1.807) is 0 Å². The summed E-state index contributed by atoms with van der Waals surface area (Å²) < 4.78 is 6.03. The molecule has 0 N–H and O–H groups in total. The first-order valence-electron chi connectivity index (χ1n) is 8.46. The van der Waals surface area contributed by atoms with Gasteiger partial charge in [-0.2, -0.15) is 0 Å². The van der Waals surface area contributed by atoms with Crippen molar-refractivity contribution >= 4 is 21.9 Å². The maximum atomic E-state index is 6.03. The fourth-order valence-electron chi connectivity index (χ4n) is 3.41. The zero-order valence-corrected chi connectivity index (χ0v) is 13.6. The van der Waals surface area contributed by atoms with E-state index in [4.69, 9.17) is 4.42 Å². The van der Waals surface area contributed by atoms with E-state index < -0.39 is 0 Å². The number of fused-ring (bicyclic) bond motifs is 3. The fourth-order valence-corrected chi connectivity index (χ4v) is 3.41. The van der Waals surface area contributed by atoms with Crippen LogP contribution in [0.2, 0.25) is 0 Å². The first kappa shape index (κ1) is 14.1. The highest BCUT2D eigenvalue weighted by atomic mass is 16.3. The highest BCUT2D eigenvalue weighted by molar-refractivity contribution is 6.05. The SMILES string of the molecule is c1ccc(-c2cccc(-c3ccc4c(c3)oc3ccccc34)c2)cc1. The van der Waals surface area contributed by atoms with Crippen molar-refractivity contribution in [2.45, 2.75) is 0 Å². The van der Waals surface area contributed by atoms with Gasteiger partial charge in [0.05, 0.1) is 0 Å². The van der Waals surface area contributed by atoms with Gasteiger partial charge in [-0.05, 0) is 46.5 Å². The van der Waals surface area contributed by atoms with Gasteiger partial charge in [0.1, 0.15) is 11.2 Å². The van der Waals surface area contributed by atoms with Crippen LogP contribution >= 0.6 is 0 Å². The van der Waals surface area contributed by atoms with Crippen LogP contribution in [0.1, 0.15) is 0 Å². The van der Waals surface area contributed by atoms with Gasteiger partial charge in [0.15, 0.2) is 0 Å². The molecule has 0 saturated carbocycles. The second kappa shape index (κ2) is 5.64. The molecule has 0 bridgehead atoms. The molecule has 5 aromatic rings. The summed E-state index contributed by atoms with van der Waals surface area (Å²) in [7, 11) is 0. The van der Waals surface area contributed by atoms with Gasteiger partial charge in [0.2, 0.25) is 0 Å². The third-order valence-electron chi connectivity index (χ3n) is 4.68. The molecule has 0 saturated heterocycles. The number of benzene rings is 4. The molecule has 1 nitrogen and oxygen atoms in total. The molecule has 118 valence electrons. The lowest BCUT2D eigenvalue weighted by molar-refractivity contribution is 0.669. The molecule has 0 amide bonds. The minimum absolute atomic E-state index is 0.934. The van der Waals surface area contributed by atoms with Gasteiger partial charge >= 0.3 is 0 Å². The van der Waals surface area contributed by atoms with Crippen molar-refractivity contribution in [2.24, 2.45) is 0 Å². The molecule has 0 unspecified atom stereocenters. The first-order chi connectivity index (χ1) is 12.4. The van der Waals surface area contributed by atoms with Crippen LogP contribution in [0.15, 0.2) is 101 Å². The Bertz CT molecular complexity index is 1180. The van der Waals surface area contributed by atoms with Gasteiger partial charge in [-0.3, -0.25) is 0 Å². The van der Waals surface area contributed by atoms with Crippen LogP contribution < -0.4 is 0 Å². The summed E-state index contributed by atoms with van der Waals surface area (Å²) in [5.41, 5.74) is 6.70. The standard InChI is InChI=1S/C24H16O/c1-2-7-17(8-3-1)18-9-6-10-19(15-18)20-13-14-22-21-11-4-5-12-23(21)25-24(22)16-20/h1-16H. The van der Waals surface area contributed by atoms with Crippen LogP contribution in [0.4, 0.5) is 0 Å². The molecule has 0 aliphatic rings. The Balaban J connectivity index is 1.64. The van der Waals surface area contributed by atoms with Crippen LogP contribution in [-0.2, 0) is 0 Å². The van der Waals surface area contributed by atoms with Gasteiger partial charge in [-0.15, -0.1) is 0 Å². The van der Waals surface area contributed by atoms with Gasteiger partial charge in [0.25, 0.3) is 0 Å². The van der Waals surface area contributed by atoms with Crippen molar-refractivity contribution in [2.75, 3.05) is 0 Å². The molecular formula is C24H16O. The molecule has 1 aromatic heterocycles. The predicted octanol–water partition coefficient (Wildman–Crippen LogP) is 6.92. The van der Waals surface area contributed by atoms with Crippen molar-refractivity contribution in [3.8, 4) is 22.3 Å². The minimum Gasteiger partial charge on any atom is -0.456 e. The van der Waals surface area contributed by atoms with Gasteiger partial charge < -0.3 is 4.42 Å². The summed E-state index contributed by atoms with van der Waals surface area (Å²) in [5.74, 6) is 0. The van der Waals surface area contributed by atoms with Gasteiger partial charge in [0, 0.05) is 10.8 Å². The first-order valence-corrected chi connectivity index (χ1v) is 8.46. The third-order valence-corrected chi connectivity index (χ3v) is 4.68. The molecule has 0 spiro atoms. The second-order valence-electron chi connectivity index (χ2n) is 6.26. The summed E-state index contributed by atoms with van der Waals surface area (Å²) in [6.07, 6.45) is 0. The largest absolute Gasteiger partial charge is 0.456 e. The molecule has 0 aliphatic heterocycles. The summed E-state index contributed by atoms with van der Waals surface area (Å²) in [4.78, 5) is 0. The van der Waals surface area contributed by atoms with E-state index in [9.17, 15) is 0 Å². The van der Waals surface area contributed by atoms with E-state index in [1.165, 1.54) is 33.0 Å². The highest BCUT2D eigenvalue weighted by Crippen LogP contribution is 2.33. The fraction of sp³-hybridized carbons (Fsp3) is 0. The Morgan fingerprint density at radius 1 is 0.400 bits per heavy atom. The molecule has 0 fully saturated rings. The summed E-state index contributed by atoms with van der Waals surface area (Å²) in [5, 5.41) is 2.33. The molecular weight excluding hydrogens is 304 g/mol. The van der Waals surface area contributed by atoms with Crippen LogP contribution in [-0.4, -0.2) is 0 Å². The van der Waals surface area contributed by atoms with Crippen LogP contribution in [0, 0.1) is 0 Å². The summed E-state index contributed by atoms with van der Waals surface area (Å²) in [6.45, 7) is 0. The van der Waals surface area contributed by atoms with Crippen molar-refractivity contribution in [1.82, 2.24) is 0 Å². The van der Waals surface area contributed by atoms with Crippen LogP contribution in [0.25, 0.3) is 44.2 Å². The number of hydrogen-bond acceptors (Lipinski definition) is 1. The monoisotopic (exact) mass is 320 g/mol. The van der Waals surface area contributed by atoms with E-state index in [2.05, 4.69) is 78.9 Å². The van der Waals surface area contributed by atoms with Gasteiger partial charge in [-0.1, -0.05) is 72.8 Å². The number of furan rings is 1. The van der Waals surface area contributed by atoms with E-state index >= 15 is 0 Å². The van der Waals surface area contributed by atoms with E-state index in [0.29, 0.717) is 0 Å². The molecule has 0 radical (unpaired) electrons. The highest BCUT2D eigenvalue weighted by Gasteiger charge is 2.08. The maximum Gasteiger partial charge on any atom is 0.136 e. The van der Waals surface area contributed by atoms with Gasteiger partial charge in [-0.25, -0.2) is 0 Å². The molecule has 0 atom stereocenters. The average molecular weight is 320 g/mol. The van der Waals surface area contributed by atoms with Crippen molar-refractivity contribution in [3.63, 3.8) is 0 Å². The lowest BCUT2D eigenvalue weighted by Crippen LogP contribution is -1.81. The second-order valence-corrected chi connectivity index (χ2v) is 6.26. The Kier molecular flexibility index (Phi) is 3.17. The van der Waals surface area contributed by atoms with Crippen LogP contribution in [0.3, 0.4) is 0 Å². The summed E-state index contributed by atoms with van der Waals surface area (Å²) in [6, 6.07) is 33.8. The van der Waals surface area contributed by atoms with Crippen molar-refractivity contribution in [1.29, 1.82) is 0 Å². The zero-order chi connectivity index (χ0) is 16.6. The van der Waals surface area contributed by atoms with Crippen molar-refractivity contribution < 1.29 is 4.42 Å². The predicted molar refractivity (Wildman–Crippen MR) is 105 cm³/mol. The molecule has 1 heterocycles. The molecule has 4 aromatic carbocycles. The molecule has 25 heavy (non-hydrogen) atoms.